The van der Waals surface area contributed by atoms with Gasteiger partial charge in [-0.15, -0.1) is 0 Å². The Hall–Kier alpha value is -1.33. The minimum absolute atomic E-state index is 0.0375. The number of hydrogen-bond acceptors (Lipinski definition) is 5. The monoisotopic (exact) mass is 223 g/mol. The van der Waals surface area contributed by atoms with Crippen molar-refractivity contribution in [3.05, 3.63) is 18.3 Å². The van der Waals surface area contributed by atoms with Gasteiger partial charge < -0.3 is 20.5 Å². The van der Waals surface area contributed by atoms with Gasteiger partial charge in [0.15, 0.2) is 0 Å². The minimum Gasteiger partial charge on any atom is -0.397 e. The zero-order valence-corrected chi connectivity index (χ0v) is 9.34. The third kappa shape index (κ3) is 2.43. The number of anilines is 2. The first kappa shape index (κ1) is 11.2. The van der Waals surface area contributed by atoms with Gasteiger partial charge in [-0.25, -0.2) is 4.98 Å². The van der Waals surface area contributed by atoms with Crippen molar-refractivity contribution in [3.63, 3.8) is 0 Å². The topological polar surface area (TPSA) is 71.6 Å². The quantitative estimate of drug-likeness (QED) is 0.752. The van der Waals surface area contributed by atoms with E-state index in [0.717, 1.165) is 12.4 Å². The highest BCUT2D eigenvalue weighted by molar-refractivity contribution is 5.46. The maximum atomic E-state index is 9.13. The highest BCUT2D eigenvalue weighted by atomic mass is 16.5. The smallest absolute Gasteiger partial charge is 0.128 e. The number of morpholine rings is 1. The number of pyridine rings is 1. The second-order valence-electron chi connectivity index (χ2n) is 4.11. The van der Waals surface area contributed by atoms with E-state index in [1.54, 1.807) is 6.20 Å². The number of hydrogen-bond donors (Lipinski definition) is 2. The van der Waals surface area contributed by atoms with Crippen LogP contribution in [0.15, 0.2) is 18.3 Å². The van der Waals surface area contributed by atoms with E-state index in [1.807, 2.05) is 19.1 Å². The molecule has 1 aromatic heterocycles. The average Bonchev–Trinajstić information content (AvgIpc) is 2.29. The highest BCUT2D eigenvalue weighted by Crippen LogP contribution is 2.18. The molecule has 2 unspecified atom stereocenters. The van der Waals surface area contributed by atoms with Crippen LogP contribution in [0.1, 0.15) is 6.92 Å². The molecular weight excluding hydrogens is 206 g/mol. The number of nitrogens with two attached hydrogens (primary N) is 1. The molecule has 1 saturated heterocycles. The van der Waals surface area contributed by atoms with Gasteiger partial charge in [0.05, 0.1) is 30.7 Å². The molecule has 2 heterocycles. The Bertz CT molecular complexity index is 342. The summed E-state index contributed by atoms with van der Waals surface area (Å²) >= 11 is 0. The van der Waals surface area contributed by atoms with Crippen molar-refractivity contribution in [2.45, 2.75) is 19.1 Å². The average molecular weight is 223 g/mol. The number of nitrogen functional groups attached to an aromatic ring is 1. The normalized spacial score (nSPS) is 25.8. The lowest BCUT2D eigenvalue weighted by atomic mass is 10.2. The predicted octanol–water partition coefficient (Wildman–Crippen LogP) is 0.250. The maximum absolute atomic E-state index is 9.13. The van der Waals surface area contributed by atoms with E-state index in [1.165, 1.54) is 0 Å². The Morgan fingerprint density at radius 3 is 3.00 bits per heavy atom. The van der Waals surface area contributed by atoms with Crippen LogP contribution in [0.25, 0.3) is 0 Å². The molecule has 0 saturated carbocycles. The maximum Gasteiger partial charge on any atom is 0.128 e. The van der Waals surface area contributed by atoms with E-state index in [9.17, 15) is 0 Å². The molecule has 1 aliphatic rings. The second-order valence-corrected chi connectivity index (χ2v) is 4.11. The van der Waals surface area contributed by atoms with Gasteiger partial charge in [0.25, 0.3) is 0 Å². The fourth-order valence-corrected chi connectivity index (χ4v) is 1.92. The molecule has 1 fully saturated rings. The molecule has 2 rings (SSSR count). The number of ether oxygens (including phenoxy) is 1. The van der Waals surface area contributed by atoms with Crippen LogP contribution in [0.3, 0.4) is 0 Å². The molecular formula is C11H17N3O2. The van der Waals surface area contributed by atoms with Crippen molar-refractivity contribution in [2.75, 3.05) is 30.3 Å². The summed E-state index contributed by atoms with van der Waals surface area (Å²) in [4.78, 5) is 6.37. The Morgan fingerprint density at radius 1 is 1.56 bits per heavy atom. The summed E-state index contributed by atoms with van der Waals surface area (Å²) in [5.74, 6) is 0.878. The van der Waals surface area contributed by atoms with E-state index in [0.29, 0.717) is 12.2 Å². The van der Waals surface area contributed by atoms with E-state index < -0.39 is 0 Å². The Morgan fingerprint density at radius 2 is 2.38 bits per heavy atom. The number of rotatable bonds is 2. The highest BCUT2D eigenvalue weighted by Gasteiger charge is 2.25. The fraction of sp³-hybridized carbons (Fsp3) is 0.545. The minimum atomic E-state index is -0.136. The van der Waals surface area contributed by atoms with Gasteiger partial charge in [0.2, 0.25) is 0 Å². The summed E-state index contributed by atoms with van der Waals surface area (Å²) < 4.78 is 5.57. The molecule has 5 heteroatoms. The Labute approximate surface area is 94.8 Å². The van der Waals surface area contributed by atoms with Gasteiger partial charge in [0, 0.05) is 13.1 Å². The molecule has 3 N–H and O–H groups in total. The van der Waals surface area contributed by atoms with Crippen LogP contribution in [-0.2, 0) is 4.74 Å². The van der Waals surface area contributed by atoms with E-state index in [2.05, 4.69) is 9.88 Å². The van der Waals surface area contributed by atoms with Gasteiger partial charge in [0.1, 0.15) is 5.82 Å². The van der Waals surface area contributed by atoms with Gasteiger partial charge in [-0.2, -0.15) is 0 Å². The summed E-state index contributed by atoms with van der Waals surface area (Å²) in [6.07, 6.45) is 1.61. The second kappa shape index (κ2) is 4.67. The molecule has 0 aliphatic carbocycles. The summed E-state index contributed by atoms with van der Waals surface area (Å²) in [5.41, 5.74) is 6.25. The first-order chi connectivity index (χ1) is 7.69. The van der Waals surface area contributed by atoms with Crippen molar-refractivity contribution in [2.24, 2.45) is 0 Å². The molecule has 88 valence electrons. The number of aromatic nitrogens is 1. The fourth-order valence-electron chi connectivity index (χ4n) is 1.92. The molecule has 2 atom stereocenters. The van der Waals surface area contributed by atoms with Crippen LogP contribution >= 0.6 is 0 Å². The molecule has 0 bridgehead atoms. The first-order valence-electron chi connectivity index (χ1n) is 5.42. The van der Waals surface area contributed by atoms with Crippen molar-refractivity contribution in [1.82, 2.24) is 4.98 Å². The standard InChI is InChI=1S/C11H17N3O2/c1-8-5-14(6-10(7-15)16-8)11-3-2-9(12)4-13-11/h2-4,8,10,15H,5-7,12H2,1H3. The van der Waals surface area contributed by atoms with Crippen LogP contribution in [-0.4, -0.2) is 42.0 Å². The van der Waals surface area contributed by atoms with Crippen LogP contribution in [0, 0.1) is 0 Å². The molecule has 1 aliphatic heterocycles. The van der Waals surface area contributed by atoms with E-state index >= 15 is 0 Å². The van der Waals surface area contributed by atoms with Gasteiger partial charge in [-0.05, 0) is 19.1 Å². The summed E-state index contributed by atoms with van der Waals surface area (Å²) in [6.45, 7) is 3.48. The lowest BCUT2D eigenvalue weighted by molar-refractivity contribution is -0.0423. The summed E-state index contributed by atoms with van der Waals surface area (Å²) in [5, 5.41) is 9.13. The van der Waals surface area contributed by atoms with Crippen LogP contribution in [0.5, 0.6) is 0 Å². The number of aliphatic hydroxyl groups excluding tert-OH is 1. The largest absolute Gasteiger partial charge is 0.397 e. The number of nitrogens with zero attached hydrogens (tertiary/aromatic N) is 2. The van der Waals surface area contributed by atoms with Crippen molar-refractivity contribution < 1.29 is 9.84 Å². The van der Waals surface area contributed by atoms with Crippen LogP contribution in [0.4, 0.5) is 11.5 Å². The van der Waals surface area contributed by atoms with Crippen LogP contribution in [0.2, 0.25) is 0 Å². The van der Waals surface area contributed by atoms with E-state index in [-0.39, 0.29) is 18.8 Å². The molecule has 1 aromatic rings. The zero-order chi connectivity index (χ0) is 11.5. The third-order valence-electron chi connectivity index (χ3n) is 2.62. The van der Waals surface area contributed by atoms with Crippen molar-refractivity contribution in [3.8, 4) is 0 Å². The summed E-state index contributed by atoms with van der Waals surface area (Å²) in [6, 6.07) is 3.72. The van der Waals surface area contributed by atoms with Crippen molar-refractivity contribution in [1.29, 1.82) is 0 Å². The van der Waals surface area contributed by atoms with Gasteiger partial charge >= 0.3 is 0 Å². The van der Waals surface area contributed by atoms with Gasteiger partial charge in [-0.3, -0.25) is 0 Å². The molecule has 0 amide bonds. The lowest BCUT2D eigenvalue weighted by Gasteiger charge is -2.36. The van der Waals surface area contributed by atoms with Gasteiger partial charge in [-0.1, -0.05) is 0 Å². The molecule has 0 spiro atoms. The Balaban J connectivity index is 2.11. The summed E-state index contributed by atoms with van der Waals surface area (Å²) in [7, 11) is 0. The lowest BCUT2D eigenvalue weighted by Crippen LogP contribution is -2.48. The molecule has 16 heavy (non-hydrogen) atoms. The molecule has 5 nitrogen and oxygen atoms in total. The SMILES string of the molecule is CC1CN(c2ccc(N)cn2)CC(CO)O1. The number of aliphatic hydroxyl groups is 1. The zero-order valence-electron chi connectivity index (χ0n) is 9.34. The molecule has 0 aromatic carbocycles. The molecule has 0 radical (unpaired) electrons. The van der Waals surface area contributed by atoms with Crippen LogP contribution < -0.4 is 10.6 Å². The first-order valence-corrected chi connectivity index (χ1v) is 5.42. The van der Waals surface area contributed by atoms with E-state index in [4.69, 9.17) is 15.6 Å². The Kier molecular flexibility index (Phi) is 3.26. The predicted molar refractivity (Wildman–Crippen MR) is 62.3 cm³/mol. The third-order valence-corrected chi connectivity index (χ3v) is 2.62. The van der Waals surface area contributed by atoms with Crippen molar-refractivity contribution >= 4 is 11.5 Å².